The number of piperidine rings is 1. The molecule has 0 aromatic heterocycles. The number of ether oxygens (including phenoxy) is 1. The van der Waals surface area contributed by atoms with Gasteiger partial charge in [-0.15, -0.1) is 0 Å². The molecular formula is C14H17F3N2O2. The molecule has 1 N–H and O–H groups in total. The molecule has 0 aliphatic carbocycles. The number of hydrogen-bond acceptors (Lipinski definition) is 3. The molecule has 1 aromatic carbocycles. The van der Waals surface area contributed by atoms with Crippen LogP contribution in [0, 0.1) is 5.82 Å². The molecule has 0 saturated carbocycles. The summed E-state index contributed by atoms with van der Waals surface area (Å²) in [7, 11) is 0. The second-order valence-corrected chi connectivity index (χ2v) is 4.94. The van der Waals surface area contributed by atoms with E-state index in [1.54, 1.807) is 4.90 Å². The number of carbonyl (C=O) groups is 1. The van der Waals surface area contributed by atoms with Gasteiger partial charge in [-0.05, 0) is 25.0 Å². The fourth-order valence-electron chi connectivity index (χ4n) is 2.37. The topological polar surface area (TPSA) is 41.6 Å². The Bertz CT molecular complexity index is 503. The summed E-state index contributed by atoms with van der Waals surface area (Å²) < 4.78 is 42.3. The zero-order valence-corrected chi connectivity index (χ0v) is 11.6. The van der Waals surface area contributed by atoms with E-state index in [4.69, 9.17) is 0 Å². The highest BCUT2D eigenvalue weighted by Gasteiger charge is 2.22. The number of likely N-dealkylation sites (tertiary alicyclic amines) is 1. The molecular weight excluding hydrogens is 285 g/mol. The smallest absolute Gasteiger partial charge is 0.387 e. The van der Waals surface area contributed by atoms with E-state index in [1.165, 1.54) is 13.0 Å². The van der Waals surface area contributed by atoms with Crippen LogP contribution in [0.5, 0.6) is 5.75 Å². The number of anilines is 1. The zero-order valence-electron chi connectivity index (χ0n) is 11.6. The van der Waals surface area contributed by atoms with Crippen molar-refractivity contribution < 1.29 is 22.7 Å². The first-order valence-corrected chi connectivity index (χ1v) is 6.72. The van der Waals surface area contributed by atoms with Crippen LogP contribution in [0.15, 0.2) is 18.2 Å². The first-order valence-electron chi connectivity index (χ1n) is 6.72. The second-order valence-electron chi connectivity index (χ2n) is 4.94. The van der Waals surface area contributed by atoms with Gasteiger partial charge < -0.3 is 15.0 Å². The van der Waals surface area contributed by atoms with Gasteiger partial charge in [-0.3, -0.25) is 4.79 Å². The van der Waals surface area contributed by atoms with Gasteiger partial charge in [0.25, 0.3) is 0 Å². The molecule has 0 radical (unpaired) electrons. The molecule has 7 heteroatoms. The monoisotopic (exact) mass is 302 g/mol. The Kier molecular flexibility index (Phi) is 4.93. The Morgan fingerprint density at radius 3 is 2.62 bits per heavy atom. The fraction of sp³-hybridized carbons (Fsp3) is 0.500. The number of nitrogens with zero attached hydrogens (tertiary/aromatic N) is 1. The fourth-order valence-corrected chi connectivity index (χ4v) is 2.37. The number of carbonyl (C=O) groups excluding carboxylic acids is 1. The summed E-state index contributed by atoms with van der Waals surface area (Å²) in [5.74, 6) is -0.596. The third-order valence-electron chi connectivity index (χ3n) is 3.46. The van der Waals surface area contributed by atoms with Gasteiger partial charge in [-0.25, -0.2) is 4.39 Å². The molecule has 1 aliphatic rings. The minimum atomic E-state index is -2.96. The molecule has 1 heterocycles. The zero-order chi connectivity index (χ0) is 15.4. The molecule has 0 spiro atoms. The first-order chi connectivity index (χ1) is 9.95. The second kappa shape index (κ2) is 6.69. The van der Waals surface area contributed by atoms with E-state index in [0.717, 1.165) is 12.1 Å². The third kappa shape index (κ3) is 4.27. The first kappa shape index (κ1) is 15.5. The van der Waals surface area contributed by atoms with E-state index < -0.39 is 12.4 Å². The van der Waals surface area contributed by atoms with Crippen molar-refractivity contribution >= 4 is 11.6 Å². The van der Waals surface area contributed by atoms with Crippen molar-refractivity contribution in [2.75, 3.05) is 18.4 Å². The van der Waals surface area contributed by atoms with Crippen LogP contribution in [0.2, 0.25) is 0 Å². The van der Waals surface area contributed by atoms with Gasteiger partial charge in [-0.1, -0.05) is 0 Å². The predicted octanol–water partition coefficient (Wildman–Crippen LogP) is 2.85. The Morgan fingerprint density at radius 1 is 1.38 bits per heavy atom. The maximum Gasteiger partial charge on any atom is 0.387 e. The van der Waals surface area contributed by atoms with Gasteiger partial charge >= 0.3 is 6.61 Å². The summed E-state index contributed by atoms with van der Waals surface area (Å²) in [6, 6.07) is 3.37. The molecule has 1 fully saturated rings. The maximum absolute atomic E-state index is 13.3. The average molecular weight is 302 g/mol. The van der Waals surface area contributed by atoms with E-state index >= 15 is 0 Å². The molecule has 1 saturated heterocycles. The lowest BCUT2D eigenvalue weighted by Crippen LogP contribution is -2.41. The highest BCUT2D eigenvalue weighted by molar-refractivity contribution is 5.73. The number of amides is 1. The van der Waals surface area contributed by atoms with Crippen LogP contribution in [-0.4, -0.2) is 36.5 Å². The van der Waals surface area contributed by atoms with Crippen molar-refractivity contribution in [1.29, 1.82) is 0 Å². The molecule has 0 bridgehead atoms. The largest absolute Gasteiger partial charge is 0.433 e. The quantitative estimate of drug-likeness (QED) is 0.930. The van der Waals surface area contributed by atoms with Crippen LogP contribution >= 0.6 is 0 Å². The summed E-state index contributed by atoms with van der Waals surface area (Å²) in [6.07, 6.45) is 1.34. The summed E-state index contributed by atoms with van der Waals surface area (Å²) in [6.45, 7) is -0.272. The molecule has 0 atom stereocenters. The van der Waals surface area contributed by atoms with Crippen LogP contribution in [0.1, 0.15) is 19.8 Å². The Hall–Kier alpha value is -1.92. The van der Waals surface area contributed by atoms with Gasteiger partial charge in [-0.2, -0.15) is 8.78 Å². The van der Waals surface area contributed by atoms with E-state index in [0.29, 0.717) is 25.9 Å². The van der Waals surface area contributed by atoms with Gasteiger partial charge in [0, 0.05) is 32.1 Å². The van der Waals surface area contributed by atoms with Crippen molar-refractivity contribution in [2.45, 2.75) is 32.4 Å². The molecule has 116 valence electrons. The maximum atomic E-state index is 13.3. The lowest BCUT2D eigenvalue weighted by Gasteiger charge is -2.32. The standard InChI is InChI=1S/C14H17F3N2O2/c1-9(20)19-6-4-11(5-7-19)18-12-8-10(15)2-3-13(12)21-14(16)17/h2-3,8,11,14,18H,4-7H2,1H3. The number of alkyl halides is 2. The number of hydrogen-bond donors (Lipinski definition) is 1. The van der Waals surface area contributed by atoms with Crippen molar-refractivity contribution in [3.63, 3.8) is 0 Å². The van der Waals surface area contributed by atoms with Crippen molar-refractivity contribution in [1.82, 2.24) is 4.90 Å². The van der Waals surface area contributed by atoms with E-state index in [1.807, 2.05) is 0 Å². The number of nitrogens with one attached hydrogen (secondary N) is 1. The highest BCUT2D eigenvalue weighted by Crippen LogP contribution is 2.29. The summed E-state index contributed by atoms with van der Waals surface area (Å²) in [4.78, 5) is 13.0. The van der Waals surface area contributed by atoms with E-state index in [-0.39, 0.29) is 23.4 Å². The lowest BCUT2D eigenvalue weighted by molar-refractivity contribution is -0.129. The molecule has 0 unspecified atom stereocenters. The lowest BCUT2D eigenvalue weighted by atomic mass is 10.0. The summed E-state index contributed by atoms with van der Waals surface area (Å²) in [5.41, 5.74) is 0.205. The Balaban J connectivity index is 2.02. The van der Waals surface area contributed by atoms with Crippen molar-refractivity contribution in [3.05, 3.63) is 24.0 Å². The highest BCUT2D eigenvalue weighted by atomic mass is 19.3. The minimum absolute atomic E-state index is 0.0116. The Labute approximate surface area is 120 Å². The van der Waals surface area contributed by atoms with Gasteiger partial charge in [0.05, 0.1) is 5.69 Å². The van der Waals surface area contributed by atoms with Gasteiger partial charge in [0.1, 0.15) is 11.6 Å². The Morgan fingerprint density at radius 2 is 2.05 bits per heavy atom. The normalized spacial score (nSPS) is 16.1. The van der Waals surface area contributed by atoms with Crippen molar-refractivity contribution in [2.24, 2.45) is 0 Å². The third-order valence-corrected chi connectivity index (χ3v) is 3.46. The number of rotatable bonds is 4. The molecule has 4 nitrogen and oxygen atoms in total. The molecule has 2 rings (SSSR count). The average Bonchev–Trinajstić information content (AvgIpc) is 2.42. The SMILES string of the molecule is CC(=O)N1CCC(Nc2cc(F)ccc2OC(F)F)CC1. The van der Waals surface area contributed by atoms with E-state index in [2.05, 4.69) is 10.1 Å². The van der Waals surface area contributed by atoms with Crippen LogP contribution in [0.25, 0.3) is 0 Å². The van der Waals surface area contributed by atoms with Crippen LogP contribution in [-0.2, 0) is 4.79 Å². The molecule has 1 aliphatic heterocycles. The minimum Gasteiger partial charge on any atom is -0.433 e. The van der Waals surface area contributed by atoms with Crippen LogP contribution < -0.4 is 10.1 Å². The van der Waals surface area contributed by atoms with Crippen molar-refractivity contribution in [3.8, 4) is 5.75 Å². The molecule has 1 aromatic rings. The van der Waals surface area contributed by atoms with Gasteiger partial charge in [0.2, 0.25) is 5.91 Å². The molecule has 21 heavy (non-hydrogen) atoms. The summed E-state index contributed by atoms with van der Waals surface area (Å²) in [5, 5.41) is 3.02. The molecule has 1 amide bonds. The number of benzene rings is 1. The van der Waals surface area contributed by atoms with Crippen LogP contribution in [0.4, 0.5) is 18.9 Å². The number of halogens is 3. The van der Waals surface area contributed by atoms with E-state index in [9.17, 15) is 18.0 Å². The van der Waals surface area contributed by atoms with Gasteiger partial charge in [0.15, 0.2) is 0 Å². The van der Waals surface area contributed by atoms with Crippen LogP contribution in [0.3, 0.4) is 0 Å². The predicted molar refractivity (Wildman–Crippen MR) is 71.9 cm³/mol. The summed E-state index contributed by atoms with van der Waals surface area (Å²) >= 11 is 0.